The maximum Gasteiger partial charge on any atom is 0.128 e. The summed E-state index contributed by atoms with van der Waals surface area (Å²) in [5.41, 5.74) is 6.47. The lowest BCUT2D eigenvalue weighted by Crippen LogP contribution is -2.03. The van der Waals surface area contributed by atoms with Gasteiger partial charge in [0, 0.05) is 5.02 Å². The van der Waals surface area contributed by atoms with Crippen molar-refractivity contribution in [1.29, 1.82) is 0 Å². The molecule has 4 heteroatoms. The normalized spacial score (nSPS) is 10.4. The van der Waals surface area contributed by atoms with Crippen LogP contribution in [0.5, 0.6) is 11.5 Å². The third-order valence-corrected chi connectivity index (χ3v) is 2.84. The van der Waals surface area contributed by atoms with Crippen molar-refractivity contribution in [2.24, 2.45) is 5.73 Å². The van der Waals surface area contributed by atoms with Crippen LogP contribution in [0.15, 0.2) is 42.5 Å². The average Bonchev–Trinajstić information content (AvgIpc) is 2.36. The molecule has 0 saturated carbocycles. The van der Waals surface area contributed by atoms with Gasteiger partial charge in [0.2, 0.25) is 0 Å². The second-order valence-corrected chi connectivity index (χ2v) is 4.26. The molecule has 0 heterocycles. The molecule has 2 aromatic carbocycles. The highest BCUT2D eigenvalue weighted by Crippen LogP contribution is 2.27. The molecule has 2 aromatic rings. The molecule has 0 saturated heterocycles. The van der Waals surface area contributed by atoms with Crippen LogP contribution in [0.4, 0.5) is 4.39 Å². The Hall–Kier alpha value is -1.58. The number of halogens is 2. The fourth-order valence-corrected chi connectivity index (χ4v) is 1.85. The van der Waals surface area contributed by atoms with Gasteiger partial charge in [-0.05, 0) is 54.9 Å². The standard InChI is InChI=1S/C14H13ClFNO/c15-14-9-13(4-1-10(14)7-8-17)18-12-5-2-11(16)3-6-12/h1-6,9H,7-8,17H2. The van der Waals surface area contributed by atoms with Crippen molar-refractivity contribution in [3.05, 3.63) is 58.9 Å². The number of nitrogens with two attached hydrogens (primary N) is 1. The molecular formula is C14H13ClFNO. The number of rotatable bonds is 4. The number of benzene rings is 2. The molecule has 2 N–H and O–H groups in total. The Morgan fingerprint density at radius 1 is 1.06 bits per heavy atom. The van der Waals surface area contributed by atoms with E-state index < -0.39 is 0 Å². The molecule has 2 nitrogen and oxygen atoms in total. The van der Waals surface area contributed by atoms with Crippen molar-refractivity contribution in [1.82, 2.24) is 0 Å². The van der Waals surface area contributed by atoms with Crippen molar-refractivity contribution in [3.8, 4) is 11.5 Å². The van der Waals surface area contributed by atoms with E-state index in [0.29, 0.717) is 23.1 Å². The molecule has 0 aliphatic rings. The van der Waals surface area contributed by atoms with Gasteiger partial charge < -0.3 is 10.5 Å². The maximum atomic E-state index is 12.7. The zero-order valence-electron chi connectivity index (χ0n) is 9.70. The summed E-state index contributed by atoms with van der Waals surface area (Å²) in [5.74, 6) is 0.894. The van der Waals surface area contributed by atoms with Crippen molar-refractivity contribution in [2.75, 3.05) is 6.54 Å². The molecule has 2 rings (SSSR count). The minimum absolute atomic E-state index is 0.293. The Bertz CT molecular complexity index is 528. The third kappa shape index (κ3) is 3.22. The number of hydrogen-bond acceptors (Lipinski definition) is 2. The summed E-state index contributed by atoms with van der Waals surface area (Å²) in [4.78, 5) is 0. The molecule has 0 atom stereocenters. The van der Waals surface area contributed by atoms with Crippen LogP contribution in [0.2, 0.25) is 5.02 Å². The third-order valence-electron chi connectivity index (χ3n) is 2.49. The molecule has 0 spiro atoms. The summed E-state index contributed by atoms with van der Waals surface area (Å²) < 4.78 is 18.3. The van der Waals surface area contributed by atoms with E-state index in [1.165, 1.54) is 12.1 Å². The Labute approximate surface area is 110 Å². The van der Waals surface area contributed by atoms with Gasteiger partial charge in [-0.15, -0.1) is 0 Å². The second-order valence-electron chi connectivity index (χ2n) is 3.85. The van der Waals surface area contributed by atoms with Crippen molar-refractivity contribution < 1.29 is 9.13 Å². The van der Waals surface area contributed by atoms with Crippen LogP contribution >= 0.6 is 11.6 Å². The summed E-state index contributed by atoms with van der Waals surface area (Å²) >= 11 is 6.10. The first-order chi connectivity index (χ1) is 8.69. The quantitative estimate of drug-likeness (QED) is 0.913. The Kier molecular flexibility index (Phi) is 4.18. The van der Waals surface area contributed by atoms with Gasteiger partial charge in [0.1, 0.15) is 17.3 Å². The van der Waals surface area contributed by atoms with Crippen LogP contribution < -0.4 is 10.5 Å². The summed E-state index contributed by atoms with van der Waals surface area (Å²) in [6.45, 7) is 0.553. The Morgan fingerprint density at radius 3 is 2.33 bits per heavy atom. The van der Waals surface area contributed by atoms with E-state index in [1.807, 2.05) is 12.1 Å². The van der Waals surface area contributed by atoms with E-state index in [4.69, 9.17) is 22.1 Å². The smallest absolute Gasteiger partial charge is 0.128 e. The highest BCUT2D eigenvalue weighted by Gasteiger charge is 2.03. The van der Waals surface area contributed by atoms with Crippen LogP contribution in [0.3, 0.4) is 0 Å². The Balaban J connectivity index is 2.14. The van der Waals surface area contributed by atoms with Gasteiger partial charge in [0.25, 0.3) is 0 Å². The van der Waals surface area contributed by atoms with Gasteiger partial charge in [-0.2, -0.15) is 0 Å². The second kappa shape index (κ2) is 5.85. The summed E-state index contributed by atoms with van der Waals surface area (Å²) in [7, 11) is 0. The fraction of sp³-hybridized carbons (Fsp3) is 0.143. The average molecular weight is 266 g/mol. The van der Waals surface area contributed by atoms with E-state index in [-0.39, 0.29) is 5.82 Å². The predicted octanol–water partition coefficient (Wildman–Crippen LogP) is 3.77. The fourth-order valence-electron chi connectivity index (χ4n) is 1.59. The van der Waals surface area contributed by atoms with Crippen molar-refractivity contribution in [2.45, 2.75) is 6.42 Å². The van der Waals surface area contributed by atoms with Gasteiger partial charge in [-0.1, -0.05) is 17.7 Å². The van der Waals surface area contributed by atoms with Gasteiger partial charge >= 0.3 is 0 Å². The van der Waals surface area contributed by atoms with Gasteiger partial charge in [0.15, 0.2) is 0 Å². The van der Waals surface area contributed by atoms with Gasteiger partial charge in [-0.25, -0.2) is 4.39 Å². The van der Waals surface area contributed by atoms with E-state index in [2.05, 4.69) is 0 Å². The van der Waals surface area contributed by atoms with Crippen molar-refractivity contribution in [3.63, 3.8) is 0 Å². The SMILES string of the molecule is NCCc1ccc(Oc2ccc(F)cc2)cc1Cl. The molecule has 0 bridgehead atoms. The van der Waals surface area contributed by atoms with Crippen LogP contribution in [0.1, 0.15) is 5.56 Å². The number of ether oxygens (including phenoxy) is 1. The zero-order chi connectivity index (χ0) is 13.0. The highest BCUT2D eigenvalue weighted by atomic mass is 35.5. The van der Waals surface area contributed by atoms with E-state index in [0.717, 1.165) is 12.0 Å². The molecule has 0 unspecified atom stereocenters. The summed E-state index contributed by atoms with van der Waals surface area (Å²) in [5, 5.41) is 0.625. The zero-order valence-corrected chi connectivity index (χ0v) is 10.5. The lowest BCUT2D eigenvalue weighted by atomic mass is 10.1. The summed E-state index contributed by atoms with van der Waals surface area (Å²) in [6, 6.07) is 11.3. The van der Waals surface area contributed by atoms with E-state index in [1.54, 1.807) is 18.2 Å². The summed E-state index contributed by atoms with van der Waals surface area (Å²) in [6.07, 6.45) is 0.732. The molecule has 0 aromatic heterocycles. The minimum Gasteiger partial charge on any atom is -0.457 e. The molecule has 18 heavy (non-hydrogen) atoms. The lowest BCUT2D eigenvalue weighted by molar-refractivity contribution is 0.480. The topological polar surface area (TPSA) is 35.2 Å². The van der Waals surface area contributed by atoms with Crippen LogP contribution in [-0.4, -0.2) is 6.54 Å². The minimum atomic E-state index is -0.293. The van der Waals surface area contributed by atoms with Crippen LogP contribution in [-0.2, 0) is 6.42 Å². The molecule has 94 valence electrons. The lowest BCUT2D eigenvalue weighted by Gasteiger charge is -2.08. The van der Waals surface area contributed by atoms with Gasteiger partial charge in [-0.3, -0.25) is 0 Å². The molecule has 0 amide bonds. The largest absolute Gasteiger partial charge is 0.457 e. The number of hydrogen-bond donors (Lipinski definition) is 1. The van der Waals surface area contributed by atoms with Gasteiger partial charge in [0.05, 0.1) is 0 Å². The molecular weight excluding hydrogens is 253 g/mol. The first-order valence-corrected chi connectivity index (χ1v) is 5.99. The molecule has 0 aliphatic heterocycles. The molecule has 0 radical (unpaired) electrons. The maximum absolute atomic E-state index is 12.7. The first-order valence-electron chi connectivity index (χ1n) is 5.61. The van der Waals surface area contributed by atoms with Crippen LogP contribution in [0.25, 0.3) is 0 Å². The van der Waals surface area contributed by atoms with E-state index >= 15 is 0 Å². The molecule has 0 aliphatic carbocycles. The van der Waals surface area contributed by atoms with Crippen molar-refractivity contribution >= 4 is 11.6 Å². The van der Waals surface area contributed by atoms with Crippen LogP contribution in [0, 0.1) is 5.82 Å². The van der Waals surface area contributed by atoms with E-state index in [9.17, 15) is 4.39 Å². The Morgan fingerprint density at radius 2 is 1.72 bits per heavy atom. The molecule has 0 fully saturated rings. The predicted molar refractivity (Wildman–Crippen MR) is 70.7 cm³/mol. The monoisotopic (exact) mass is 265 g/mol. The first kappa shape index (κ1) is 12.9. The highest BCUT2D eigenvalue weighted by molar-refractivity contribution is 6.31.